The average Bonchev–Trinajstić information content (AvgIpc) is 2.77. The molecule has 1 amide bonds. The summed E-state index contributed by atoms with van der Waals surface area (Å²) in [6.45, 7) is 2.00. The molecule has 6 nitrogen and oxygen atoms in total. The molecule has 0 atom stereocenters. The molecule has 0 aromatic carbocycles. The first-order valence-corrected chi connectivity index (χ1v) is 6.78. The molecule has 1 aromatic rings. The highest BCUT2D eigenvalue weighted by atomic mass is 32.1. The number of amides is 1. The second-order valence-electron chi connectivity index (χ2n) is 4.00. The van der Waals surface area contributed by atoms with E-state index in [9.17, 15) is 9.59 Å². The summed E-state index contributed by atoms with van der Waals surface area (Å²) >= 11 is 1.24. The number of hydrogen-bond acceptors (Lipinski definition) is 6. The largest absolute Gasteiger partial charge is 0.462 e. The number of esters is 1. The fourth-order valence-corrected chi connectivity index (χ4v) is 3.36. The van der Waals surface area contributed by atoms with Crippen LogP contribution in [0, 0.1) is 0 Å². The van der Waals surface area contributed by atoms with E-state index in [-0.39, 0.29) is 6.61 Å². The molecule has 1 aliphatic carbocycles. The van der Waals surface area contributed by atoms with Crippen LogP contribution >= 0.6 is 11.3 Å². The predicted octanol–water partition coefficient (Wildman–Crippen LogP) is 2.01. The molecule has 1 aromatic heterocycles. The van der Waals surface area contributed by atoms with Crippen LogP contribution in [0.5, 0.6) is 0 Å². The summed E-state index contributed by atoms with van der Waals surface area (Å²) in [7, 11) is 0. The number of carbonyl (C=O) groups excluding carboxylic acids is 2. The van der Waals surface area contributed by atoms with Crippen LogP contribution in [0.4, 0.5) is 5.00 Å². The summed E-state index contributed by atoms with van der Waals surface area (Å²) in [5.74, 6) is -0.455. The Labute approximate surface area is 114 Å². The van der Waals surface area contributed by atoms with Crippen LogP contribution < -0.4 is 5.32 Å². The molecular formula is C12H14N2O4S. The van der Waals surface area contributed by atoms with Gasteiger partial charge in [0.25, 0.3) is 0 Å². The van der Waals surface area contributed by atoms with Gasteiger partial charge in [-0.15, -0.1) is 11.3 Å². The second-order valence-corrected chi connectivity index (χ2v) is 5.02. The highest BCUT2D eigenvalue weighted by Gasteiger charge is 2.29. The minimum Gasteiger partial charge on any atom is -0.462 e. The Morgan fingerprint density at radius 1 is 1.58 bits per heavy atom. The van der Waals surface area contributed by atoms with E-state index in [4.69, 9.17) is 9.94 Å². The van der Waals surface area contributed by atoms with Gasteiger partial charge in [-0.05, 0) is 31.7 Å². The molecule has 0 bridgehead atoms. The molecule has 0 spiro atoms. The molecule has 2 N–H and O–H groups in total. The molecule has 0 radical (unpaired) electrons. The van der Waals surface area contributed by atoms with E-state index in [0.717, 1.165) is 16.9 Å². The van der Waals surface area contributed by atoms with E-state index >= 15 is 0 Å². The van der Waals surface area contributed by atoms with Gasteiger partial charge < -0.3 is 15.3 Å². The number of ether oxygens (including phenoxy) is 1. The Balaban J connectivity index is 2.53. The summed E-state index contributed by atoms with van der Waals surface area (Å²) < 4.78 is 5.02. The van der Waals surface area contributed by atoms with Crippen LogP contribution in [0.2, 0.25) is 0 Å². The topological polar surface area (TPSA) is 88.0 Å². The van der Waals surface area contributed by atoms with Crippen molar-refractivity contribution in [3.8, 4) is 0 Å². The Morgan fingerprint density at radius 3 is 3.00 bits per heavy atom. The Kier molecular flexibility index (Phi) is 4.16. The number of anilines is 1. The first-order valence-electron chi connectivity index (χ1n) is 5.97. The van der Waals surface area contributed by atoms with Gasteiger partial charge in [-0.3, -0.25) is 4.79 Å². The average molecular weight is 282 g/mol. The first kappa shape index (κ1) is 13.5. The van der Waals surface area contributed by atoms with Gasteiger partial charge >= 0.3 is 5.97 Å². The lowest BCUT2D eigenvalue weighted by Crippen LogP contribution is -2.14. The zero-order valence-electron chi connectivity index (χ0n) is 10.4. The minimum atomic E-state index is -0.455. The van der Waals surface area contributed by atoms with Crippen molar-refractivity contribution in [2.75, 3.05) is 11.9 Å². The number of fused-ring (bicyclic) bond motifs is 1. The van der Waals surface area contributed by atoms with Crippen molar-refractivity contribution in [2.24, 2.45) is 5.16 Å². The molecule has 2 rings (SSSR count). The van der Waals surface area contributed by atoms with Crippen LogP contribution in [0.15, 0.2) is 5.16 Å². The number of nitrogens with one attached hydrogen (secondary N) is 1. The third kappa shape index (κ3) is 2.46. The quantitative estimate of drug-likeness (QED) is 0.383. The fourth-order valence-electron chi connectivity index (χ4n) is 2.15. The zero-order chi connectivity index (χ0) is 13.8. The Hall–Kier alpha value is -1.89. The highest BCUT2D eigenvalue weighted by molar-refractivity contribution is 7.18. The van der Waals surface area contributed by atoms with Crippen LogP contribution in [0.25, 0.3) is 0 Å². The van der Waals surface area contributed by atoms with Crippen molar-refractivity contribution in [1.82, 2.24) is 0 Å². The molecule has 0 saturated carbocycles. The number of oxime groups is 1. The normalized spacial score (nSPS) is 15.9. The van der Waals surface area contributed by atoms with E-state index in [0.29, 0.717) is 35.5 Å². The van der Waals surface area contributed by atoms with Crippen LogP contribution in [-0.4, -0.2) is 29.9 Å². The van der Waals surface area contributed by atoms with Crippen molar-refractivity contribution >= 4 is 34.4 Å². The van der Waals surface area contributed by atoms with Crippen molar-refractivity contribution < 1.29 is 19.5 Å². The number of nitrogens with zero attached hydrogens (tertiary/aromatic N) is 1. The fraction of sp³-hybridized carbons (Fsp3) is 0.417. The summed E-state index contributed by atoms with van der Waals surface area (Å²) in [4.78, 5) is 23.4. The van der Waals surface area contributed by atoms with Crippen molar-refractivity contribution in [2.45, 2.75) is 26.2 Å². The van der Waals surface area contributed by atoms with E-state index in [1.54, 1.807) is 6.92 Å². The summed E-state index contributed by atoms with van der Waals surface area (Å²) in [5.41, 5.74) is 1.73. The van der Waals surface area contributed by atoms with Gasteiger partial charge in [-0.1, -0.05) is 5.16 Å². The summed E-state index contributed by atoms with van der Waals surface area (Å²) in [6.07, 6.45) is 2.69. The summed E-state index contributed by atoms with van der Waals surface area (Å²) in [6, 6.07) is 0. The molecule has 0 aliphatic heterocycles. The Morgan fingerprint density at radius 2 is 2.37 bits per heavy atom. The molecule has 1 heterocycles. The molecule has 19 heavy (non-hydrogen) atoms. The molecule has 0 fully saturated rings. The van der Waals surface area contributed by atoms with Gasteiger partial charge in [0.05, 0.1) is 22.8 Å². The molecular weight excluding hydrogens is 268 g/mol. The molecule has 102 valence electrons. The SMILES string of the molecule is CCOC(=O)c1c(NC=O)sc2c1CCC/C2=N/O. The second kappa shape index (κ2) is 5.83. The van der Waals surface area contributed by atoms with Crippen molar-refractivity contribution in [3.05, 3.63) is 16.0 Å². The third-order valence-electron chi connectivity index (χ3n) is 2.90. The van der Waals surface area contributed by atoms with Crippen molar-refractivity contribution in [3.63, 3.8) is 0 Å². The van der Waals surface area contributed by atoms with E-state index in [1.807, 2.05) is 0 Å². The van der Waals surface area contributed by atoms with Gasteiger partial charge in [0.15, 0.2) is 0 Å². The molecule has 0 unspecified atom stereocenters. The number of thiophene rings is 1. The van der Waals surface area contributed by atoms with Gasteiger partial charge in [-0.25, -0.2) is 4.79 Å². The maximum absolute atomic E-state index is 12.0. The first-order chi connectivity index (χ1) is 9.22. The number of rotatable bonds is 4. The van der Waals surface area contributed by atoms with Crippen molar-refractivity contribution in [1.29, 1.82) is 0 Å². The Bertz CT molecular complexity index is 536. The minimum absolute atomic E-state index is 0.269. The van der Waals surface area contributed by atoms with Gasteiger partial charge in [0, 0.05) is 0 Å². The van der Waals surface area contributed by atoms with Gasteiger partial charge in [0.2, 0.25) is 6.41 Å². The van der Waals surface area contributed by atoms with Gasteiger partial charge in [-0.2, -0.15) is 0 Å². The molecule has 7 heteroatoms. The lowest BCUT2D eigenvalue weighted by Gasteiger charge is -2.13. The predicted molar refractivity (Wildman–Crippen MR) is 71.2 cm³/mol. The highest BCUT2D eigenvalue weighted by Crippen LogP contribution is 2.38. The maximum atomic E-state index is 12.0. The van der Waals surface area contributed by atoms with Crippen LogP contribution in [0.1, 0.15) is 40.6 Å². The lowest BCUT2D eigenvalue weighted by atomic mass is 9.94. The third-order valence-corrected chi connectivity index (χ3v) is 4.11. The molecule has 0 saturated heterocycles. The van der Waals surface area contributed by atoms with E-state index in [2.05, 4.69) is 10.5 Å². The summed E-state index contributed by atoms with van der Waals surface area (Å²) in [5, 5.41) is 15.2. The maximum Gasteiger partial charge on any atom is 0.341 e. The smallest absolute Gasteiger partial charge is 0.341 e. The monoisotopic (exact) mass is 282 g/mol. The van der Waals surface area contributed by atoms with Gasteiger partial charge in [0.1, 0.15) is 5.00 Å². The zero-order valence-corrected chi connectivity index (χ0v) is 11.2. The van der Waals surface area contributed by atoms with Crippen LogP contribution in [0.3, 0.4) is 0 Å². The number of carbonyl (C=O) groups is 2. The van der Waals surface area contributed by atoms with Crippen LogP contribution in [-0.2, 0) is 16.0 Å². The standard InChI is InChI=1S/C12H14N2O4S/c1-2-18-12(16)9-7-4-3-5-8(14-17)10(7)19-11(9)13-6-15/h6,17H,2-5H2,1H3,(H,13,15)/b14-8-. The molecule has 1 aliphatic rings. The lowest BCUT2D eigenvalue weighted by molar-refractivity contribution is -0.105. The van der Waals surface area contributed by atoms with E-state index in [1.165, 1.54) is 11.3 Å². The number of hydrogen-bond donors (Lipinski definition) is 2. The van der Waals surface area contributed by atoms with E-state index < -0.39 is 5.97 Å².